The fourth-order valence-electron chi connectivity index (χ4n) is 2.10. The van der Waals surface area contributed by atoms with Gasteiger partial charge in [0.25, 0.3) is 0 Å². The molecular formula is C18H17Cl2NO4. The van der Waals surface area contributed by atoms with Crippen molar-refractivity contribution in [3.05, 3.63) is 63.6 Å². The number of carboxylic acids is 1. The van der Waals surface area contributed by atoms with E-state index in [1.165, 1.54) is 0 Å². The van der Waals surface area contributed by atoms with Gasteiger partial charge in [0.1, 0.15) is 12.4 Å². The van der Waals surface area contributed by atoms with Gasteiger partial charge >= 0.3 is 5.97 Å². The number of hydrogen-bond acceptors (Lipinski definition) is 3. The summed E-state index contributed by atoms with van der Waals surface area (Å²) in [5, 5.41) is 12.4. The Morgan fingerprint density at radius 1 is 1.04 bits per heavy atom. The van der Waals surface area contributed by atoms with Gasteiger partial charge in [-0.05, 0) is 24.3 Å². The molecule has 5 nitrogen and oxygen atoms in total. The topological polar surface area (TPSA) is 75.6 Å². The molecule has 25 heavy (non-hydrogen) atoms. The van der Waals surface area contributed by atoms with E-state index in [0.29, 0.717) is 21.4 Å². The minimum Gasteiger partial charge on any atom is -0.488 e. The van der Waals surface area contributed by atoms with Gasteiger partial charge in [0.05, 0.1) is 6.42 Å². The summed E-state index contributed by atoms with van der Waals surface area (Å²) >= 11 is 12.1. The summed E-state index contributed by atoms with van der Waals surface area (Å²) < 4.78 is 5.80. The zero-order chi connectivity index (χ0) is 18.2. The molecule has 2 aromatic carbocycles. The summed E-state index contributed by atoms with van der Waals surface area (Å²) in [5.41, 5.74) is 1.54. The molecule has 0 heterocycles. The van der Waals surface area contributed by atoms with Crippen molar-refractivity contribution < 1.29 is 19.4 Å². The lowest BCUT2D eigenvalue weighted by molar-refractivity contribution is -0.138. The quantitative estimate of drug-likeness (QED) is 0.722. The Bertz CT molecular complexity index is 764. The van der Waals surface area contributed by atoms with Crippen LogP contribution in [0.1, 0.15) is 24.0 Å². The van der Waals surface area contributed by atoms with E-state index in [9.17, 15) is 9.59 Å². The lowest BCUT2D eigenvalue weighted by Gasteiger charge is -2.13. The van der Waals surface area contributed by atoms with E-state index in [1.807, 2.05) is 18.2 Å². The van der Waals surface area contributed by atoms with Gasteiger partial charge in [-0.3, -0.25) is 9.59 Å². The number of carboxylic acid groups (broad SMARTS) is 1. The van der Waals surface area contributed by atoms with Crippen molar-refractivity contribution in [2.75, 3.05) is 0 Å². The van der Waals surface area contributed by atoms with E-state index in [0.717, 1.165) is 5.56 Å². The van der Waals surface area contributed by atoms with Crippen LogP contribution in [0.5, 0.6) is 5.75 Å². The first-order valence-corrected chi connectivity index (χ1v) is 8.34. The molecule has 7 heteroatoms. The Labute approximate surface area is 155 Å². The summed E-state index contributed by atoms with van der Waals surface area (Å²) in [6.45, 7) is 0.470. The smallest absolute Gasteiger partial charge is 0.303 e. The number of ether oxygens (including phenoxy) is 1. The van der Waals surface area contributed by atoms with Crippen LogP contribution in [-0.4, -0.2) is 17.0 Å². The fourth-order valence-corrected chi connectivity index (χ4v) is 2.49. The zero-order valence-corrected chi connectivity index (χ0v) is 14.8. The minimum atomic E-state index is -1.01. The van der Waals surface area contributed by atoms with E-state index in [-0.39, 0.29) is 31.9 Å². The van der Waals surface area contributed by atoms with Crippen LogP contribution in [0.3, 0.4) is 0 Å². The molecule has 0 aliphatic heterocycles. The fraction of sp³-hybridized carbons (Fsp3) is 0.222. The summed E-state index contributed by atoms with van der Waals surface area (Å²) in [6.07, 6.45) is -0.289. The molecule has 0 unspecified atom stereocenters. The average molecular weight is 382 g/mol. The van der Waals surface area contributed by atoms with Crippen molar-refractivity contribution in [3.8, 4) is 5.75 Å². The number of rotatable bonds is 8. The van der Waals surface area contributed by atoms with E-state index in [2.05, 4.69) is 5.32 Å². The van der Waals surface area contributed by atoms with Crippen LogP contribution in [0.2, 0.25) is 10.0 Å². The van der Waals surface area contributed by atoms with Crippen molar-refractivity contribution in [1.29, 1.82) is 0 Å². The third kappa shape index (κ3) is 6.29. The molecule has 132 valence electrons. The second kappa shape index (κ2) is 9.30. The van der Waals surface area contributed by atoms with Crippen molar-refractivity contribution >= 4 is 35.1 Å². The molecule has 0 aromatic heterocycles. The van der Waals surface area contributed by atoms with Gasteiger partial charge in [-0.15, -0.1) is 0 Å². The first-order chi connectivity index (χ1) is 12.0. The van der Waals surface area contributed by atoms with Gasteiger partial charge in [0, 0.05) is 34.1 Å². The third-order valence-corrected chi connectivity index (χ3v) is 4.01. The Hall–Kier alpha value is -2.24. The molecule has 2 aromatic rings. The number of nitrogens with one attached hydrogen (secondary N) is 1. The Balaban J connectivity index is 2.00. The van der Waals surface area contributed by atoms with Crippen molar-refractivity contribution in [1.82, 2.24) is 5.32 Å². The maximum Gasteiger partial charge on any atom is 0.303 e. The van der Waals surface area contributed by atoms with Gasteiger partial charge in [0.2, 0.25) is 5.91 Å². The second-order valence-electron chi connectivity index (χ2n) is 5.30. The third-order valence-electron chi connectivity index (χ3n) is 3.41. The van der Waals surface area contributed by atoms with E-state index in [4.69, 9.17) is 33.0 Å². The standard InChI is InChI=1S/C18H17Cl2NO4/c19-14-5-6-16(25-11-12-3-1-2-4-15(12)20)13(9-14)10-21-17(22)7-8-18(23)24/h1-6,9H,7-8,10-11H2,(H,21,22)(H,23,24). The molecule has 1 amide bonds. The number of hydrogen-bond donors (Lipinski definition) is 2. The number of amides is 1. The van der Waals surface area contributed by atoms with E-state index in [1.54, 1.807) is 24.3 Å². The highest BCUT2D eigenvalue weighted by molar-refractivity contribution is 6.31. The minimum absolute atomic E-state index is 0.0777. The molecule has 0 aliphatic rings. The van der Waals surface area contributed by atoms with Crippen LogP contribution in [0.25, 0.3) is 0 Å². The second-order valence-corrected chi connectivity index (χ2v) is 6.15. The van der Waals surface area contributed by atoms with E-state index >= 15 is 0 Å². The molecule has 0 bridgehead atoms. The molecule has 2 N–H and O–H groups in total. The first-order valence-electron chi connectivity index (χ1n) is 7.59. The summed E-state index contributed by atoms with van der Waals surface area (Å²) in [5.74, 6) is -0.788. The molecule has 0 atom stereocenters. The largest absolute Gasteiger partial charge is 0.488 e. The number of benzene rings is 2. The number of carbonyl (C=O) groups excluding carboxylic acids is 1. The summed E-state index contributed by atoms with van der Waals surface area (Å²) in [4.78, 5) is 22.2. The van der Waals surface area contributed by atoms with Crippen LogP contribution in [0.4, 0.5) is 0 Å². The van der Waals surface area contributed by atoms with Crippen LogP contribution < -0.4 is 10.1 Å². The number of carbonyl (C=O) groups is 2. The zero-order valence-electron chi connectivity index (χ0n) is 13.3. The predicted molar refractivity (Wildman–Crippen MR) is 96.0 cm³/mol. The highest BCUT2D eigenvalue weighted by atomic mass is 35.5. The Morgan fingerprint density at radius 3 is 2.52 bits per heavy atom. The summed E-state index contributed by atoms with van der Waals surface area (Å²) in [6, 6.07) is 12.5. The van der Waals surface area contributed by atoms with Gasteiger partial charge in [-0.1, -0.05) is 41.4 Å². The maximum atomic E-state index is 11.7. The maximum absolute atomic E-state index is 11.7. The normalized spacial score (nSPS) is 10.3. The van der Waals surface area contributed by atoms with Crippen LogP contribution in [0, 0.1) is 0 Å². The molecular weight excluding hydrogens is 365 g/mol. The lowest BCUT2D eigenvalue weighted by atomic mass is 10.2. The van der Waals surface area contributed by atoms with Gasteiger partial charge in [-0.25, -0.2) is 0 Å². The lowest BCUT2D eigenvalue weighted by Crippen LogP contribution is -2.23. The summed E-state index contributed by atoms with van der Waals surface area (Å²) in [7, 11) is 0. The Morgan fingerprint density at radius 2 is 1.80 bits per heavy atom. The van der Waals surface area contributed by atoms with Crippen molar-refractivity contribution in [2.45, 2.75) is 26.0 Å². The predicted octanol–water partition coefficient (Wildman–Crippen LogP) is 4.05. The van der Waals surface area contributed by atoms with E-state index < -0.39 is 5.97 Å². The highest BCUT2D eigenvalue weighted by Crippen LogP contribution is 2.25. The SMILES string of the molecule is O=C(O)CCC(=O)NCc1cc(Cl)ccc1OCc1ccccc1Cl. The Kier molecular flexibility index (Phi) is 7.10. The van der Waals surface area contributed by atoms with Gasteiger partial charge in [0.15, 0.2) is 0 Å². The van der Waals surface area contributed by atoms with Crippen molar-refractivity contribution in [3.63, 3.8) is 0 Å². The number of halogens is 2. The van der Waals surface area contributed by atoms with Gasteiger partial charge < -0.3 is 15.2 Å². The molecule has 0 spiro atoms. The van der Waals surface area contributed by atoms with Gasteiger partial charge in [-0.2, -0.15) is 0 Å². The number of aliphatic carboxylic acids is 1. The average Bonchev–Trinajstić information content (AvgIpc) is 2.58. The molecule has 0 radical (unpaired) electrons. The first kappa shape index (κ1) is 19.1. The molecule has 0 aliphatic carbocycles. The monoisotopic (exact) mass is 381 g/mol. The van der Waals surface area contributed by atoms with Crippen LogP contribution in [-0.2, 0) is 22.7 Å². The van der Waals surface area contributed by atoms with Crippen molar-refractivity contribution in [2.24, 2.45) is 0 Å². The van der Waals surface area contributed by atoms with Crippen LogP contribution >= 0.6 is 23.2 Å². The molecule has 0 fully saturated rings. The highest BCUT2D eigenvalue weighted by Gasteiger charge is 2.10. The molecule has 0 saturated carbocycles. The molecule has 2 rings (SSSR count). The van der Waals surface area contributed by atoms with Crippen LogP contribution in [0.15, 0.2) is 42.5 Å². The molecule has 0 saturated heterocycles.